The van der Waals surface area contributed by atoms with Crippen molar-refractivity contribution in [3.8, 4) is 0 Å². The Morgan fingerprint density at radius 2 is 1.63 bits per heavy atom. The van der Waals surface area contributed by atoms with E-state index in [0.29, 0.717) is 6.04 Å². The van der Waals surface area contributed by atoms with Gasteiger partial charge in [0.05, 0.1) is 0 Å². The first-order valence-electron chi connectivity index (χ1n) is 7.37. The predicted molar refractivity (Wildman–Crippen MR) is 85.5 cm³/mol. The van der Waals surface area contributed by atoms with Crippen molar-refractivity contribution in [1.82, 2.24) is 5.32 Å². The summed E-state index contributed by atoms with van der Waals surface area (Å²) in [5.74, 6) is 0. The van der Waals surface area contributed by atoms with Crippen LogP contribution in [-0.2, 0) is 0 Å². The van der Waals surface area contributed by atoms with Gasteiger partial charge in [0.15, 0.2) is 0 Å². The highest BCUT2D eigenvalue weighted by atomic mass is 14.9. The van der Waals surface area contributed by atoms with Crippen molar-refractivity contribution in [2.24, 2.45) is 0 Å². The van der Waals surface area contributed by atoms with Crippen molar-refractivity contribution in [2.45, 2.75) is 67.3 Å². The molecule has 0 amide bonds. The van der Waals surface area contributed by atoms with E-state index in [1.54, 1.807) is 0 Å². The molecule has 106 valence electrons. The van der Waals surface area contributed by atoms with Crippen LogP contribution >= 0.6 is 0 Å². The molecule has 1 nitrogen and oxygen atoms in total. The number of rotatable bonds is 5. The van der Waals surface area contributed by atoms with Crippen LogP contribution in [0.5, 0.6) is 0 Å². The summed E-state index contributed by atoms with van der Waals surface area (Å²) in [5, 5.41) is 3.65. The molecule has 1 unspecified atom stereocenters. The van der Waals surface area contributed by atoms with E-state index in [1.807, 2.05) is 0 Å². The summed E-state index contributed by atoms with van der Waals surface area (Å²) in [5.41, 5.74) is 8.34. The van der Waals surface area contributed by atoms with Gasteiger partial charge in [0, 0.05) is 11.7 Å². The van der Waals surface area contributed by atoms with Gasteiger partial charge in [-0.1, -0.05) is 31.1 Å². The Balaban J connectivity index is 2.93. The van der Waals surface area contributed by atoms with E-state index in [1.165, 1.54) is 46.4 Å². The second kappa shape index (κ2) is 6.79. The lowest BCUT2D eigenvalue weighted by Crippen LogP contribution is -2.18. The number of benzene rings is 1. The van der Waals surface area contributed by atoms with Gasteiger partial charge in [0.25, 0.3) is 0 Å². The Labute approximate surface area is 119 Å². The SMILES string of the molecule is CCC/C(C)=C(\C)NC(C)c1cc(C)c(C)cc1C. The molecule has 0 radical (unpaired) electrons. The Bertz CT molecular complexity index is 469. The molecule has 0 aliphatic carbocycles. The molecule has 0 aliphatic heterocycles. The van der Waals surface area contributed by atoms with Crippen LogP contribution in [0.4, 0.5) is 0 Å². The average Bonchev–Trinajstić information content (AvgIpc) is 2.33. The van der Waals surface area contributed by atoms with E-state index >= 15 is 0 Å². The highest BCUT2D eigenvalue weighted by Gasteiger charge is 2.10. The molecule has 19 heavy (non-hydrogen) atoms. The lowest BCUT2D eigenvalue weighted by molar-refractivity contribution is 0.638. The first-order chi connectivity index (χ1) is 8.86. The fourth-order valence-corrected chi connectivity index (χ4v) is 2.54. The summed E-state index contributed by atoms with van der Waals surface area (Å²) >= 11 is 0. The molecule has 0 aliphatic rings. The monoisotopic (exact) mass is 259 g/mol. The van der Waals surface area contributed by atoms with E-state index in [-0.39, 0.29) is 0 Å². The molecule has 1 aromatic rings. The number of nitrogens with one attached hydrogen (secondary N) is 1. The Hall–Kier alpha value is -1.24. The van der Waals surface area contributed by atoms with E-state index in [0.717, 1.165) is 0 Å². The van der Waals surface area contributed by atoms with Gasteiger partial charge in [0.2, 0.25) is 0 Å². The van der Waals surface area contributed by atoms with Crippen LogP contribution < -0.4 is 5.32 Å². The van der Waals surface area contributed by atoms with Crippen LogP contribution in [0.3, 0.4) is 0 Å². The molecular formula is C18H29N. The Morgan fingerprint density at radius 1 is 1.05 bits per heavy atom. The predicted octanol–water partition coefficient (Wildman–Crippen LogP) is 5.36. The van der Waals surface area contributed by atoms with Gasteiger partial charge in [-0.05, 0) is 70.2 Å². The normalized spacial score (nSPS) is 14.1. The summed E-state index contributed by atoms with van der Waals surface area (Å²) < 4.78 is 0. The molecule has 0 aromatic heterocycles. The summed E-state index contributed by atoms with van der Waals surface area (Å²) in [4.78, 5) is 0. The van der Waals surface area contributed by atoms with Crippen LogP contribution in [0.1, 0.15) is 68.8 Å². The fraction of sp³-hybridized carbons (Fsp3) is 0.556. The van der Waals surface area contributed by atoms with Crippen molar-refractivity contribution in [3.05, 3.63) is 45.7 Å². The zero-order valence-corrected chi connectivity index (χ0v) is 13.6. The van der Waals surface area contributed by atoms with Gasteiger partial charge in [-0.25, -0.2) is 0 Å². The molecule has 0 fully saturated rings. The molecular weight excluding hydrogens is 230 g/mol. The van der Waals surface area contributed by atoms with Gasteiger partial charge >= 0.3 is 0 Å². The average molecular weight is 259 g/mol. The van der Waals surface area contributed by atoms with Crippen LogP contribution in [-0.4, -0.2) is 0 Å². The summed E-state index contributed by atoms with van der Waals surface area (Å²) in [6.45, 7) is 15.5. The lowest BCUT2D eigenvalue weighted by Gasteiger charge is -2.21. The third-order valence-electron chi connectivity index (χ3n) is 4.05. The first kappa shape index (κ1) is 15.8. The number of aryl methyl sites for hydroxylation is 3. The smallest absolute Gasteiger partial charge is 0.0485 e. The molecule has 1 atom stereocenters. The zero-order chi connectivity index (χ0) is 14.6. The van der Waals surface area contributed by atoms with Crippen molar-refractivity contribution in [3.63, 3.8) is 0 Å². The molecule has 0 heterocycles. The van der Waals surface area contributed by atoms with Gasteiger partial charge in [-0.15, -0.1) is 0 Å². The van der Waals surface area contributed by atoms with Crippen molar-refractivity contribution in [2.75, 3.05) is 0 Å². The first-order valence-corrected chi connectivity index (χ1v) is 7.37. The maximum atomic E-state index is 3.65. The number of hydrogen-bond acceptors (Lipinski definition) is 1. The third kappa shape index (κ3) is 4.12. The van der Waals surface area contributed by atoms with E-state index in [9.17, 15) is 0 Å². The van der Waals surface area contributed by atoms with Crippen molar-refractivity contribution < 1.29 is 0 Å². The Morgan fingerprint density at radius 3 is 2.21 bits per heavy atom. The summed E-state index contributed by atoms with van der Waals surface area (Å²) in [6.07, 6.45) is 2.39. The summed E-state index contributed by atoms with van der Waals surface area (Å²) in [7, 11) is 0. The second-order valence-electron chi connectivity index (χ2n) is 5.81. The molecule has 1 rings (SSSR count). The highest BCUT2D eigenvalue weighted by Crippen LogP contribution is 2.23. The minimum atomic E-state index is 0.367. The van der Waals surface area contributed by atoms with Gasteiger partial charge in [-0.3, -0.25) is 0 Å². The van der Waals surface area contributed by atoms with Crippen LogP contribution in [0.15, 0.2) is 23.4 Å². The maximum Gasteiger partial charge on any atom is 0.0485 e. The molecule has 0 saturated heterocycles. The molecule has 0 spiro atoms. The molecule has 1 aromatic carbocycles. The minimum Gasteiger partial charge on any atom is -0.382 e. The third-order valence-corrected chi connectivity index (χ3v) is 4.05. The van der Waals surface area contributed by atoms with E-state index in [2.05, 4.69) is 65.9 Å². The molecule has 1 heteroatoms. The second-order valence-corrected chi connectivity index (χ2v) is 5.81. The maximum absolute atomic E-state index is 3.65. The molecule has 1 N–H and O–H groups in total. The topological polar surface area (TPSA) is 12.0 Å². The van der Waals surface area contributed by atoms with Crippen LogP contribution in [0.2, 0.25) is 0 Å². The quantitative estimate of drug-likeness (QED) is 0.751. The standard InChI is InChI=1S/C18H29N/c1-8-9-12(2)16(6)19-17(7)18-11-14(4)13(3)10-15(18)5/h10-11,17,19H,8-9H2,1-7H3/b16-12+. The van der Waals surface area contributed by atoms with Crippen LogP contribution in [0.25, 0.3) is 0 Å². The van der Waals surface area contributed by atoms with Crippen LogP contribution in [0, 0.1) is 20.8 Å². The highest BCUT2D eigenvalue weighted by molar-refractivity contribution is 5.38. The zero-order valence-electron chi connectivity index (χ0n) is 13.6. The van der Waals surface area contributed by atoms with E-state index < -0.39 is 0 Å². The van der Waals surface area contributed by atoms with Crippen molar-refractivity contribution in [1.29, 1.82) is 0 Å². The molecule has 0 bridgehead atoms. The fourth-order valence-electron chi connectivity index (χ4n) is 2.54. The van der Waals surface area contributed by atoms with Gasteiger partial charge in [-0.2, -0.15) is 0 Å². The minimum absolute atomic E-state index is 0.367. The summed E-state index contributed by atoms with van der Waals surface area (Å²) in [6, 6.07) is 4.98. The molecule has 0 saturated carbocycles. The lowest BCUT2D eigenvalue weighted by atomic mass is 9.96. The van der Waals surface area contributed by atoms with Crippen molar-refractivity contribution >= 4 is 0 Å². The number of hydrogen-bond donors (Lipinski definition) is 1. The largest absolute Gasteiger partial charge is 0.382 e. The van der Waals surface area contributed by atoms with E-state index in [4.69, 9.17) is 0 Å². The Kier molecular flexibility index (Phi) is 5.65. The van der Waals surface area contributed by atoms with Gasteiger partial charge < -0.3 is 5.32 Å². The van der Waals surface area contributed by atoms with Gasteiger partial charge in [0.1, 0.15) is 0 Å². The number of allylic oxidation sites excluding steroid dienone is 2.